The molecular formula is C26H28N10O. The van der Waals surface area contributed by atoms with Crippen LogP contribution < -0.4 is 4.90 Å². The lowest BCUT2D eigenvalue weighted by atomic mass is 10.00. The van der Waals surface area contributed by atoms with Gasteiger partial charge in [0.15, 0.2) is 11.5 Å². The van der Waals surface area contributed by atoms with Gasteiger partial charge in [-0.05, 0) is 46.5 Å². The average Bonchev–Trinajstić information content (AvgIpc) is 3.59. The van der Waals surface area contributed by atoms with E-state index >= 15 is 0 Å². The van der Waals surface area contributed by atoms with E-state index in [0.29, 0.717) is 25.6 Å². The van der Waals surface area contributed by atoms with Crippen LogP contribution in [0.2, 0.25) is 0 Å². The molecule has 0 spiro atoms. The van der Waals surface area contributed by atoms with Crippen molar-refractivity contribution in [2.45, 2.75) is 33.2 Å². The fourth-order valence-electron chi connectivity index (χ4n) is 4.73. The zero-order valence-electron chi connectivity index (χ0n) is 20.9. The van der Waals surface area contributed by atoms with Crippen molar-refractivity contribution in [3.8, 4) is 22.5 Å². The van der Waals surface area contributed by atoms with Gasteiger partial charge in [-0.1, -0.05) is 31.2 Å². The van der Waals surface area contributed by atoms with Crippen LogP contribution in [-0.4, -0.2) is 71.4 Å². The van der Waals surface area contributed by atoms with E-state index in [2.05, 4.69) is 66.3 Å². The van der Waals surface area contributed by atoms with Crippen LogP contribution in [0.25, 0.3) is 33.7 Å². The summed E-state index contributed by atoms with van der Waals surface area (Å²) in [5, 5.41) is 14.3. The number of morpholine rings is 1. The highest BCUT2D eigenvalue weighted by Gasteiger charge is 2.20. The van der Waals surface area contributed by atoms with E-state index in [1.54, 1.807) is 12.4 Å². The Labute approximate surface area is 214 Å². The molecule has 1 aliphatic heterocycles. The van der Waals surface area contributed by atoms with Gasteiger partial charge >= 0.3 is 0 Å². The van der Waals surface area contributed by atoms with Crippen LogP contribution in [0.1, 0.15) is 30.4 Å². The molecule has 1 aliphatic rings. The number of aromatic nitrogens is 9. The number of pyridine rings is 1. The maximum Gasteiger partial charge on any atom is 0.227 e. The molecule has 0 amide bonds. The van der Waals surface area contributed by atoms with E-state index in [4.69, 9.17) is 19.7 Å². The lowest BCUT2D eigenvalue weighted by Gasteiger charge is -2.27. The summed E-state index contributed by atoms with van der Waals surface area (Å²) in [6.45, 7) is 7.85. The zero-order chi connectivity index (χ0) is 25.2. The fourth-order valence-corrected chi connectivity index (χ4v) is 4.73. The van der Waals surface area contributed by atoms with Crippen molar-refractivity contribution in [3.05, 3.63) is 59.8 Å². The minimum Gasteiger partial charge on any atom is -0.378 e. The Morgan fingerprint density at radius 1 is 1.00 bits per heavy atom. The molecule has 11 heteroatoms. The van der Waals surface area contributed by atoms with E-state index in [0.717, 1.165) is 71.3 Å². The summed E-state index contributed by atoms with van der Waals surface area (Å²) < 4.78 is 7.76. The summed E-state index contributed by atoms with van der Waals surface area (Å²) in [5.41, 5.74) is 6.77. The molecular weight excluding hydrogens is 468 g/mol. The smallest absolute Gasteiger partial charge is 0.227 e. The normalized spacial score (nSPS) is 13.9. The van der Waals surface area contributed by atoms with Crippen molar-refractivity contribution in [2.75, 3.05) is 31.2 Å². The Morgan fingerprint density at radius 2 is 1.84 bits per heavy atom. The molecule has 0 atom stereocenters. The summed E-state index contributed by atoms with van der Waals surface area (Å²) in [5.74, 6) is 2.37. The van der Waals surface area contributed by atoms with Gasteiger partial charge in [-0.3, -0.25) is 4.98 Å². The Morgan fingerprint density at radius 3 is 2.59 bits per heavy atom. The molecule has 1 saturated heterocycles. The monoisotopic (exact) mass is 496 g/mol. The first-order valence-electron chi connectivity index (χ1n) is 12.5. The molecule has 188 valence electrons. The predicted octanol–water partition coefficient (Wildman–Crippen LogP) is 3.21. The minimum atomic E-state index is 0.590. The number of fused-ring (bicyclic) bond motifs is 1. The van der Waals surface area contributed by atoms with Crippen LogP contribution in [0, 0.1) is 6.92 Å². The number of aromatic amines is 1. The van der Waals surface area contributed by atoms with Gasteiger partial charge < -0.3 is 14.2 Å². The van der Waals surface area contributed by atoms with Gasteiger partial charge in [-0.2, -0.15) is 4.98 Å². The Hall–Kier alpha value is -4.25. The van der Waals surface area contributed by atoms with Gasteiger partial charge in [0.25, 0.3) is 0 Å². The second-order valence-corrected chi connectivity index (χ2v) is 9.11. The molecule has 4 aromatic heterocycles. The van der Waals surface area contributed by atoms with Crippen molar-refractivity contribution in [1.29, 1.82) is 0 Å². The molecule has 37 heavy (non-hydrogen) atoms. The molecule has 1 N–H and O–H groups in total. The van der Waals surface area contributed by atoms with Crippen molar-refractivity contribution in [1.82, 2.24) is 45.1 Å². The van der Waals surface area contributed by atoms with E-state index in [1.807, 2.05) is 13.0 Å². The number of rotatable bonds is 7. The number of imidazole rings is 1. The predicted molar refractivity (Wildman–Crippen MR) is 139 cm³/mol. The van der Waals surface area contributed by atoms with E-state index in [-0.39, 0.29) is 0 Å². The minimum absolute atomic E-state index is 0.590. The second kappa shape index (κ2) is 10.0. The highest BCUT2D eigenvalue weighted by Crippen LogP contribution is 2.29. The summed E-state index contributed by atoms with van der Waals surface area (Å²) in [6, 6.07) is 10.5. The average molecular weight is 497 g/mol. The maximum atomic E-state index is 5.52. The molecule has 0 aliphatic carbocycles. The molecule has 1 aromatic carbocycles. The summed E-state index contributed by atoms with van der Waals surface area (Å²) in [6.07, 6.45) is 5.44. The van der Waals surface area contributed by atoms with E-state index in [1.165, 1.54) is 5.56 Å². The Kier molecular flexibility index (Phi) is 6.27. The van der Waals surface area contributed by atoms with Gasteiger partial charge in [0.05, 0.1) is 25.5 Å². The zero-order valence-corrected chi connectivity index (χ0v) is 20.9. The largest absolute Gasteiger partial charge is 0.378 e. The van der Waals surface area contributed by atoms with Crippen LogP contribution in [0.15, 0.2) is 42.7 Å². The van der Waals surface area contributed by atoms with Crippen LogP contribution >= 0.6 is 0 Å². The molecule has 0 unspecified atom stereocenters. The van der Waals surface area contributed by atoms with Gasteiger partial charge in [0, 0.05) is 37.5 Å². The van der Waals surface area contributed by atoms with Gasteiger partial charge in [0.1, 0.15) is 11.3 Å². The summed E-state index contributed by atoms with van der Waals surface area (Å²) in [4.78, 5) is 21.2. The van der Waals surface area contributed by atoms with Crippen LogP contribution in [0.4, 0.5) is 5.95 Å². The Balaban J connectivity index is 1.35. The van der Waals surface area contributed by atoms with Crippen molar-refractivity contribution >= 4 is 17.1 Å². The van der Waals surface area contributed by atoms with Crippen LogP contribution in [0.5, 0.6) is 0 Å². The number of tetrazole rings is 1. The number of H-pyrrole nitrogens is 1. The van der Waals surface area contributed by atoms with E-state index < -0.39 is 0 Å². The number of ether oxygens (including phenoxy) is 1. The van der Waals surface area contributed by atoms with E-state index in [9.17, 15) is 0 Å². The Bertz CT molecular complexity index is 1500. The molecule has 0 saturated carbocycles. The van der Waals surface area contributed by atoms with Crippen LogP contribution in [0.3, 0.4) is 0 Å². The standard InChI is InChI=1S/C26H28N10O/c1-3-4-22-29-23-17(2)28-26(35-11-13-37-14-12-35)30-25(23)36(22)16-18-5-7-19(8-6-18)20-9-10-27-15-21(20)24-31-33-34-32-24/h5-10,15H,3-4,11-14,16H2,1-2H3,(H,31,32,33,34). The molecule has 0 radical (unpaired) electrons. The SMILES string of the molecule is CCCc1nc2c(C)nc(N3CCOCC3)nc2n1Cc1ccc(-c2ccncc2-c2nnn[nH]2)cc1. The molecule has 0 bridgehead atoms. The second-order valence-electron chi connectivity index (χ2n) is 9.11. The quantitative estimate of drug-likeness (QED) is 0.362. The number of hydrogen-bond acceptors (Lipinski definition) is 9. The molecule has 1 fully saturated rings. The third-order valence-electron chi connectivity index (χ3n) is 6.63. The number of nitrogens with one attached hydrogen (secondary N) is 1. The van der Waals surface area contributed by atoms with Gasteiger partial charge in [-0.25, -0.2) is 15.1 Å². The fraction of sp³-hybridized carbons (Fsp3) is 0.346. The van der Waals surface area contributed by atoms with Crippen molar-refractivity contribution in [3.63, 3.8) is 0 Å². The lowest BCUT2D eigenvalue weighted by molar-refractivity contribution is 0.122. The third kappa shape index (κ3) is 4.53. The topological polar surface area (TPSA) is 123 Å². The van der Waals surface area contributed by atoms with Crippen molar-refractivity contribution in [2.24, 2.45) is 0 Å². The van der Waals surface area contributed by atoms with Crippen molar-refractivity contribution < 1.29 is 4.74 Å². The number of anilines is 1. The summed E-state index contributed by atoms with van der Waals surface area (Å²) >= 11 is 0. The number of nitrogens with zero attached hydrogens (tertiary/aromatic N) is 9. The molecule has 6 rings (SSSR count). The molecule has 11 nitrogen and oxygen atoms in total. The third-order valence-corrected chi connectivity index (χ3v) is 6.63. The first kappa shape index (κ1) is 23.2. The molecule has 5 heterocycles. The van der Waals surface area contributed by atoms with Crippen LogP contribution in [-0.2, 0) is 17.7 Å². The number of hydrogen-bond donors (Lipinski definition) is 1. The number of aryl methyl sites for hydroxylation is 2. The first-order chi connectivity index (χ1) is 18.2. The molecule has 5 aromatic rings. The number of benzene rings is 1. The lowest BCUT2D eigenvalue weighted by Crippen LogP contribution is -2.37. The van der Waals surface area contributed by atoms with Gasteiger partial charge in [0.2, 0.25) is 5.95 Å². The maximum absolute atomic E-state index is 5.52. The highest BCUT2D eigenvalue weighted by atomic mass is 16.5. The first-order valence-corrected chi connectivity index (χ1v) is 12.5. The van der Waals surface area contributed by atoms with Gasteiger partial charge in [-0.15, -0.1) is 5.10 Å². The highest BCUT2D eigenvalue weighted by molar-refractivity contribution is 5.79. The summed E-state index contributed by atoms with van der Waals surface area (Å²) in [7, 11) is 0.